The van der Waals surface area contributed by atoms with Crippen LogP contribution in [0.3, 0.4) is 0 Å². The SMILES string of the molecule is COCCCNC(=O)CNC(C)C1CCCO1. The zero-order valence-corrected chi connectivity index (χ0v) is 10.8. The number of hydrogen-bond donors (Lipinski definition) is 2. The van der Waals surface area contributed by atoms with E-state index in [0.29, 0.717) is 19.7 Å². The molecule has 1 heterocycles. The molecule has 17 heavy (non-hydrogen) atoms. The third-order valence-electron chi connectivity index (χ3n) is 2.95. The molecule has 0 aromatic heterocycles. The van der Waals surface area contributed by atoms with E-state index in [4.69, 9.17) is 9.47 Å². The lowest BCUT2D eigenvalue weighted by molar-refractivity contribution is -0.120. The van der Waals surface area contributed by atoms with Crippen molar-refractivity contribution in [2.24, 2.45) is 0 Å². The summed E-state index contributed by atoms with van der Waals surface area (Å²) in [6, 6.07) is 0.238. The fourth-order valence-corrected chi connectivity index (χ4v) is 1.89. The number of hydrogen-bond acceptors (Lipinski definition) is 4. The van der Waals surface area contributed by atoms with E-state index >= 15 is 0 Å². The summed E-state index contributed by atoms with van der Waals surface area (Å²) >= 11 is 0. The average Bonchev–Trinajstić information content (AvgIpc) is 2.85. The number of methoxy groups -OCH3 is 1. The molecule has 2 unspecified atom stereocenters. The molecule has 1 aliphatic heterocycles. The van der Waals surface area contributed by atoms with Crippen LogP contribution >= 0.6 is 0 Å². The lowest BCUT2D eigenvalue weighted by atomic mass is 10.1. The zero-order valence-electron chi connectivity index (χ0n) is 10.8. The van der Waals surface area contributed by atoms with Gasteiger partial charge in [-0.2, -0.15) is 0 Å². The molecule has 2 N–H and O–H groups in total. The molecule has 5 nitrogen and oxygen atoms in total. The second-order valence-electron chi connectivity index (χ2n) is 4.42. The molecule has 1 rings (SSSR count). The van der Waals surface area contributed by atoms with Crippen molar-refractivity contribution in [2.45, 2.75) is 38.3 Å². The number of ether oxygens (including phenoxy) is 2. The minimum Gasteiger partial charge on any atom is -0.385 e. The van der Waals surface area contributed by atoms with Gasteiger partial charge >= 0.3 is 0 Å². The van der Waals surface area contributed by atoms with Gasteiger partial charge in [-0.3, -0.25) is 4.79 Å². The summed E-state index contributed by atoms with van der Waals surface area (Å²) in [4.78, 5) is 11.5. The van der Waals surface area contributed by atoms with Crippen molar-refractivity contribution in [3.63, 3.8) is 0 Å². The maximum atomic E-state index is 11.5. The van der Waals surface area contributed by atoms with E-state index in [1.807, 2.05) is 0 Å². The molecule has 5 heteroatoms. The first kappa shape index (κ1) is 14.4. The maximum Gasteiger partial charge on any atom is 0.233 e. The highest BCUT2D eigenvalue weighted by atomic mass is 16.5. The lowest BCUT2D eigenvalue weighted by Gasteiger charge is -2.19. The van der Waals surface area contributed by atoms with Crippen LogP contribution in [-0.4, -0.2) is 51.5 Å². The molecule has 0 spiro atoms. The van der Waals surface area contributed by atoms with E-state index < -0.39 is 0 Å². The van der Waals surface area contributed by atoms with Crippen LogP contribution in [0.5, 0.6) is 0 Å². The standard InChI is InChI=1S/C12H24N2O3/c1-10(11-5-3-8-17-11)14-9-12(15)13-6-4-7-16-2/h10-11,14H,3-9H2,1-2H3,(H,13,15). The van der Waals surface area contributed by atoms with Gasteiger partial charge in [0.2, 0.25) is 5.91 Å². The van der Waals surface area contributed by atoms with E-state index in [2.05, 4.69) is 17.6 Å². The molecular formula is C12H24N2O3. The van der Waals surface area contributed by atoms with Crippen molar-refractivity contribution >= 4 is 5.91 Å². The van der Waals surface area contributed by atoms with E-state index in [9.17, 15) is 4.79 Å². The summed E-state index contributed by atoms with van der Waals surface area (Å²) in [6.07, 6.45) is 3.32. The molecule has 1 fully saturated rings. The Balaban J connectivity index is 2.02. The van der Waals surface area contributed by atoms with Crippen LogP contribution in [0, 0.1) is 0 Å². The van der Waals surface area contributed by atoms with Gasteiger partial charge in [0.05, 0.1) is 12.6 Å². The van der Waals surface area contributed by atoms with Crippen LogP contribution in [0.4, 0.5) is 0 Å². The minimum atomic E-state index is 0.0333. The molecule has 0 aromatic carbocycles. The quantitative estimate of drug-likeness (QED) is 0.603. The Hall–Kier alpha value is -0.650. The Kier molecular flexibility index (Phi) is 7.16. The van der Waals surface area contributed by atoms with Crippen LogP contribution in [-0.2, 0) is 14.3 Å². The Bertz CT molecular complexity index is 218. The van der Waals surface area contributed by atoms with E-state index in [1.165, 1.54) is 0 Å². The predicted octanol–water partition coefficient (Wildman–Crippen LogP) is 0.296. The fourth-order valence-electron chi connectivity index (χ4n) is 1.89. The second-order valence-corrected chi connectivity index (χ2v) is 4.42. The van der Waals surface area contributed by atoms with Gasteiger partial charge in [0, 0.05) is 32.9 Å². The normalized spacial score (nSPS) is 21.4. The first-order chi connectivity index (χ1) is 8.24. The van der Waals surface area contributed by atoms with Gasteiger partial charge in [0.25, 0.3) is 0 Å². The number of nitrogens with one attached hydrogen (secondary N) is 2. The van der Waals surface area contributed by atoms with Crippen molar-refractivity contribution in [1.29, 1.82) is 0 Å². The topological polar surface area (TPSA) is 59.6 Å². The second kappa shape index (κ2) is 8.44. The van der Waals surface area contributed by atoms with Gasteiger partial charge < -0.3 is 20.1 Å². The highest BCUT2D eigenvalue weighted by molar-refractivity contribution is 5.77. The highest BCUT2D eigenvalue weighted by Gasteiger charge is 2.22. The first-order valence-corrected chi connectivity index (χ1v) is 6.34. The number of carbonyl (C=O) groups excluding carboxylic acids is 1. The number of amides is 1. The third kappa shape index (κ3) is 6.00. The molecular weight excluding hydrogens is 220 g/mol. The third-order valence-corrected chi connectivity index (χ3v) is 2.95. The van der Waals surface area contributed by atoms with Crippen molar-refractivity contribution in [3.8, 4) is 0 Å². The molecule has 0 aromatic rings. The van der Waals surface area contributed by atoms with Gasteiger partial charge in [0.15, 0.2) is 0 Å². The molecule has 1 saturated heterocycles. The van der Waals surface area contributed by atoms with Crippen molar-refractivity contribution in [3.05, 3.63) is 0 Å². The highest BCUT2D eigenvalue weighted by Crippen LogP contribution is 2.14. The van der Waals surface area contributed by atoms with E-state index in [-0.39, 0.29) is 18.1 Å². The monoisotopic (exact) mass is 244 g/mol. The van der Waals surface area contributed by atoms with Gasteiger partial charge in [-0.15, -0.1) is 0 Å². The lowest BCUT2D eigenvalue weighted by Crippen LogP contribution is -2.43. The summed E-state index contributed by atoms with van der Waals surface area (Å²) in [7, 11) is 1.66. The Morgan fingerprint density at radius 3 is 3.06 bits per heavy atom. The molecule has 0 aliphatic carbocycles. The average molecular weight is 244 g/mol. The van der Waals surface area contributed by atoms with Crippen LogP contribution in [0.1, 0.15) is 26.2 Å². The summed E-state index contributed by atoms with van der Waals surface area (Å²) in [5, 5.41) is 6.04. The van der Waals surface area contributed by atoms with Crippen molar-refractivity contribution in [2.75, 3.05) is 33.4 Å². The van der Waals surface area contributed by atoms with Gasteiger partial charge in [0.1, 0.15) is 0 Å². The van der Waals surface area contributed by atoms with Gasteiger partial charge in [-0.25, -0.2) is 0 Å². The van der Waals surface area contributed by atoms with Crippen LogP contribution in [0.2, 0.25) is 0 Å². The maximum absolute atomic E-state index is 11.5. The van der Waals surface area contributed by atoms with Crippen LogP contribution < -0.4 is 10.6 Å². The summed E-state index contributed by atoms with van der Waals surface area (Å²) in [5.41, 5.74) is 0. The molecule has 2 atom stereocenters. The molecule has 1 aliphatic rings. The molecule has 0 radical (unpaired) electrons. The first-order valence-electron chi connectivity index (χ1n) is 6.34. The number of carbonyl (C=O) groups is 1. The van der Waals surface area contributed by atoms with Crippen molar-refractivity contribution in [1.82, 2.24) is 10.6 Å². The minimum absolute atomic E-state index is 0.0333. The predicted molar refractivity (Wildman–Crippen MR) is 65.9 cm³/mol. The fraction of sp³-hybridized carbons (Fsp3) is 0.917. The largest absolute Gasteiger partial charge is 0.385 e. The van der Waals surface area contributed by atoms with Crippen molar-refractivity contribution < 1.29 is 14.3 Å². The summed E-state index contributed by atoms with van der Waals surface area (Å²) < 4.78 is 10.5. The smallest absolute Gasteiger partial charge is 0.233 e. The molecule has 1 amide bonds. The number of rotatable bonds is 8. The summed E-state index contributed by atoms with van der Waals surface area (Å²) in [5.74, 6) is 0.0333. The Morgan fingerprint density at radius 2 is 2.41 bits per heavy atom. The van der Waals surface area contributed by atoms with Gasteiger partial charge in [-0.05, 0) is 26.2 Å². The van der Waals surface area contributed by atoms with Crippen LogP contribution in [0.25, 0.3) is 0 Å². The Labute approximate surface area is 103 Å². The summed E-state index contributed by atoms with van der Waals surface area (Å²) in [6.45, 7) is 4.62. The van der Waals surface area contributed by atoms with Gasteiger partial charge in [-0.1, -0.05) is 0 Å². The Morgan fingerprint density at radius 1 is 1.59 bits per heavy atom. The molecule has 0 saturated carbocycles. The van der Waals surface area contributed by atoms with E-state index in [0.717, 1.165) is 25.9 Å². The van der Waals surface area contributed by atoms with Crippen LogP contribution in [0.15, 0.2) is 0 Å². The van der Waals surface area contributed by atoms with E-state index in [1.54, 1.807) is 7.11 Å². The zero-order chi connectivity index (χ0) is 12.5. The molecule has 100 valence electrons. The molecule has 0 bridgehead atoms.